The Labute approximate surface area is 208 Å². The lowest BCUT2D eigenvalue weighted by molar-refractivity contribution is 0.0792. The van der Waals surface area contributed by atoms with Crippen LogP contribution < -0.4 is 9.83 Å². The lowest BCUT2D eigenvalue weighted by Gasteiger charge is -2.29. The van der Waals surface area contributed by atoms with E-state index in [0.29, 0.717) is 11.1 Å². The molecule has 2 fully saturated rings. The predicted octanol–water partition coefficient (Wildman–Crippen LogP) is 5.65. The molecule has 6 heteroatoms. The molecule has 2 aliphatic rings. The Hall–Kier alpha value is -2.43. The second-order valence-electron chi connectivity index (χ2n) is 9.93. The van der Waals surface area contributed by atoms with Crippen molar-refractivity contribution < 1.29 is 18.9 Å². The van der Waals surface area contributed by atoms with Crippen LogP contribution in [0.2, 0.25) is 0 Å². The summed E-state index contributed by atoms with van der Waals surface area (Å²) in [7, 11) is -3.34. The van der Waals surface area contributed by atoms with Gasteiger partial charge in [-0.2, -0.15) is 0 Å². The number of ether oxygens (including phenoxy) is 1. The van der Waals surface area contributed by atoms with Crippen LogP contribution in [0.5, 0.6) is 5.75 Å². The van der Waals surface area contributed by atoms with Gasteiger partial charge in [-0.1, -0.05) is 48.0 Å². The van der Waals surface area contributed by atoms with Crippen molar-refractivity contribution in [1.29, 1.82) is 0 Å². The Morgan fingerprint density at radius 1 is 0.971 bits per heavy atom. The summed E-state index contributed by atoms with van der Waals surface area (Å²) in [5.41, 5.74) is 5.81. The van der Waals surface area contributed by atoms with Crippen molar-refractivity contribution in [2.24, 2.45) is 0 Å². The molecule has 0 amide bonds. The molecule has 3 aromatic carbocycles. The third kappa shape index (κ3) is 5.24. The highest BCUT2D eigenvalue weighted by Crippen LogP contribution is 2.65. The molecule has 3 atom stereocenters. The van der Waals surface area contributed by atoms with Gasteiger partial charge in [0, 0.05) is 19.6 Å². The van der Waals surface area contributed by atoms with Gasteiger partial charge in [0.2, 0.25) is 0 Å². The first-order chi connectivity index (χ1) is 16.8. The summed E-state index contributed by atoms with van der Waals surface area (Å²) < 4.78 is 26.9. The molecular formula is C29H34NO4P. The third-order valence-electron chi connectivity index (χ3n) is 7.07. The summed E-state index contributed by atoms with van der Waals surface area (Å²) in [5.74, 6) is 0.0751. The minimum absolute atomic E-state index is 0.171. The van der Waals surface area contributed by atoms with Gasteiger partial charge >= 0.3 is 7.37 Å². The number of benzene rings is 3. The molecule has 1 N–H and O–H groups in total. The van der Waals surface area contributed by atoms with Crippen molar-refractivity contribution in [3.63, 3.8) is 0 Å². The van der Waals surface area contributed by atoms with Crippen molar-refractivity contribution in [2.75, 3.05) is 13.1 Å². The Morgan fingerprint density at radius 3 is 2.23 bits per heavy atom. The summed E-state index contributed by atoms with van der Waals surface area (Å²) in [4.78, 5) is 2.35. The van der Waals surface area contributed by atoms with Gasteiger partial charge in [0.1, 0.15) is 11.9 Å². The van der Waals surface area contributed by atoms with Crippen LogP contribution in [-0.4, -0.2) is 35.0 Å². The summed E-state index contributed by atoms with van der Waals surface area (Å²) in [6.45, 7) is 8.91. The van der Waals surface area contributed by atoms with E-state index in [0.717, 1.165) is 49.2 Å². The number of rotatable bonds is 7. The zero-order valence-corrected chi connectivity index (χ0v) is 21.6. The van der Waals surface area contributed by atoms with Crippen molar-refractivity contribution in [1.82, 2.24) is 4.90 Å². The maximum absolute atomic E-state index is 14.5. The first-order valence-corrected chi connectivity index (χ1v) is 14.1. The molecule has 5 rings (SSSR count). The van der Waals surface area contributed by atoms with E-state index in [-0.39, 0.29) is 12.2 Å². The smallest absolute Gasteiger partial charge is 0.308 e. The van der Waals surface area contributed by atoms with Crippen LogP contribution in [0.3, 0.4) is 0 Å². The Balaban J connectivity index is 1.37. The van der Waals surface area contributed by atoms with Crippen LogP contribution in [0.15, 0.2) is 66.7 Å². The molecule has 0 spiro atoms. The monoisotopic (exact) mass is 491 g/mol. The average molecular weight is 492 g/mol. The molecule has 2 aliphatic heterocycles. The zero-order valence-electron chi connectivity index (χ0n) is 20.7. The maximum atomic E-state index is 14.5. The average Bonchev–Trinajstić information content (AvgIpc) is 3.63. The van der Waals surface area contributed by atoms with Gasteiger partial charge < -0.3 is 14.4 Å². The van der Waals surface area contributed by atoms with Crippen LogP contribution in [0.25, 0.3) is 0 Å². The Morgan fingerprint density at radius 2 is 1.60 bits per heavy atom. The Bertz CT molecular complexity index is 1200. The second-order valence-corrected chi connectivity index (χ2v) is 12.3. The molecule has 5 nitrogen and oxygen atoms in total. The van der Waals surface area contributed by atoms with Crippen LogP contribution in [-0.2, 0) is 15.8 Å². The topological polar surface area (TPSA) is 62.3 Å². The van der Waals surface area contributed by atoms with Crippen molar-refractivity contribution in [2.45, 2.75) is 58.2 Å². The number of aliphatic hydroxyl groups excluding tert-OH is 1. The largest absolute Gasteiger partial charge is 0.438 e. The molecule has 0 radical (unpaired) electrons. The zero-order chi connectivity index (χ0) is 24.6. The fourth-order valence-electron chi connectivity index (χ4n) is 5.25. The molecule has 3 aromatic rings. The van der Waals surface area contributed by atoms with Crippen molar-refractivity contribution in [3.8, 4) is 5.75 Å². The van der Waals surface area contributed by atoms with Gasteiger partial charge in [0.15, 0.2) is 5.85 Å². The lowest BCUT2D eigenvalue weighted by Crippen LogP contribution is -2.35. The molecule has 0 saturated carbocycles. The van der Waals surface area contributed by atoms with Gasteiger partial charge in [-0.15, -0.1) is 0 Å². The van der Waals surface area contributed by atoms with Gasteiger partial charge in [-0.25, -0.2) is 0 Å². The number of nitrogens with zero attached hydrogens (tertiary/aromatic N) is 1. The first kappa shape index (κ1) is 24.3. The molecular weight excluding hydrogens is 457 g/mol. The fraction of sp³-hybridized carbons (Fsp3) is 0.379. The number of hydrogen-bond donors (Lipinski definition) is 1. The molecule has 0 aromatic heterocycles. The van der Waals surface area contributed by atoms with E-state index < -0.39 is 13.2 Å². The standard InChI is InChI=1S/C29H34NO4P/c1-20-17-21(2)27(22(3)18-20)28-29(33-28)35(32,26-7-5-4-6-8-26)34-25-11-9-23(10-12-25)19-30-15-13-24(31)14-16-30/h4-12,17-18,24,28-29,31H,13-16,19H2,1-3H3. The van der Waals surface area contributed by atoms with Gasteiger partial charge in [-0.05, 0) is 80.1 Å². The van der Waals surface area contributed by atoms with Gasteiger partial charge in [0.05, 0.1) is 11.4 Å². The highest BCUT2D eigenvalue weighted by molar-refractivity contribution is 7.68. The van der Waals surface area contributed by atoms with E-state index in [2.05, 4.69) is 37.8 Å². The number of epoxide rings is 1. The fourth-order valence-corrected chi connectivity index (χ4v) is 7.57. The van der Waals surface area contributed by atoms with E-state index >= 15 is 0 Å². The van der Waals surface area contributed by atoms with E-state index in [9.17, 15) is 9.67 Å². The molecule has 0 aliphatic carbocycles. The predicted molar refractivity (Wildman–Crippen MR) is 140 cm³/mol. The molecule has 2 heterocycles. The van der Waals surface area contributed by atoms with Crippen LogP contribution >= 0.6 is 7.37 Å². The number of aryl methyl sites for hydroxylation is 3. The number of piperidine rings is 1. The summed E-state index contributed by atoms with van der Waals surface area (Å²) >= 11 is 0. The van der Waals surface area contributed by atoms with Crippen LogP contribution in [0, 0.1) is 20.8 Å². The quantitative estimate of drug-likeness (QED) is 0.342. The molecule has 35 heavy (non-hydrogen) atoms. The summed E-state index contributed by atoms with van der Waals surface area (Å²) in [6.07, 6.45) is 1.24. The Kier molecular flexibility index (Phi) is 6.87. The maximum Gasteiger partial charge on any atom is 0.308 e. The van der Waals surface area contributed by atoms with E-state index in [1.54, 1.807) is 0 Å². The van der Waals surface area contributed by atoms with Crippen LogP contribution in [0.1, 0.15) is 46.8 Å². The normalized spacial score (nSPS) is 22.5. The SMILES string of the molecule is Cc1cc(C)c(C2OC2P(=O)(Oc2ccc(CN3CCC(O)CC3)cc2)c2ccccc2)c(C)c1. The molecule has 184 valence electrons. The van der Waals surface area contributed by atoms with Crippen LogP contribution in [0.4, 0.5) is 0 Å². The van der Waals surface area contributed by atoms with E-state index in [4.69, 9.17) is 9.26 Å². The summed E-state index contributed by atoms with van der Waals surface area (Å²) in [5, 5.41) is 10.4. The lowest BCUT2D eigenvalue weighted by atomic mass is 9.98. The minimum atomic E-state index is -3.34. The van der Waals surface area contributed by atoms with Gasteiger partial charge in [0.25, 0.3) is 0 Å². The molecule has 3 unspecified atom stereocenters. The number of hydrogen-bond acceptors (Lipinski definition) is 5. The first-order valence-electron chi connectivity index (χ1n) is 12.4. The number of likely N-dealkylation sites (tertiary alicyclic amines) is 1. The molecule has 2 saturated heterocycles. The highest BCUT2D eigenvalue weighted by Gasteiger charge is 2.57. The number of aliphatic hydroxyl groups is 1. The van der Waals surface area contributed by atoms with E-state index in [1.807, 2.05) is 54.6 Å². The van der Waals surface area contributed by atoms with Crippen molar-refractivity contribution >= 4 is 12.7 Å². The third-order valence-corrected chi connectivity index (χ3v) is 9.63. The second kappa shape index (κ2) is 9.91. The molecule has 0 bridgehead atoms. The van der Waals surface area contributed by atoms with Crippen molar-refractivity contribution in [3.05, 3.63) is 94.5 Å². The van der Waals surface area contributed by atoms with Gasteiger partial charge in [-0.3, -0.25) is 9.46 Å². The summed E-state index contributed by atoms with van der Waals surface area (Å²) in [6, 6.07) is 21.6. The van der Waals surface area contributed by atoms with E-state index in [1.165, 1.54) is 11.1 Å². The minimum Gasteiger partial charge on any atom is -0.438 e. The highest BCUT2D eigenvalue weighted by atomic mass is 31.2.